The Labute approximate surface area is 198 Å². The Hall–Kier alpha value is -3.40. The van der Waals surface area contributed by atoms with Crippen LogP contribution in [0.15, 0.2) is 26.0 Å². The molecule has 34 heavy (non-hydrogen) atoms. The molecule has 2 aliphatic heterocycles. The Balaban J connectivity index is 1.65. The van der Waals surface area contributed by atoms with Crippen LogP contribution in [0.1, 0.15) is 19.3 Å². The number of H-pyrrole nitrogens is 1. The van der Waals surface area contributed by atoms with Gasteiger partial charge in [-0.25, -0.2) is 9.59 Å². The predicted molar refractivity (Wildman–Crippen MR) is 117 cm³/mol. The van der Waals surface area contributed by atoms with Crippen LogP contribution in [0.4, 0.5) is 0 Å². The summed E-state index contributed by atoms with van der Waals surface area (Å²) in [5.41, 5.74) is -1.67. The molecule has 0 radical (unpaired) electrons. The smallest absolute Gasteiger partial charge is 0.372 e. The van der Waals surface area contributed by atoms with Crippen molar-refractivity contribution in [1.29, 1.82) is 0 Å². The minimum Gasteiger partial charge on any atom is -0.477 e. The molecule has 16 heteroatoms. The Morgan fingerprint density at radius 2 is 1.91 bits per heavy atom. The summed E-state index contributed by atoms with van der Waals surface area (Å²) in [6.45, 7) is 0. The summed E-state index contributed by atoms with van der Waals surface area (Å²) in [7, 11) is 1.47. The van der Waals surface area contributed by atoms with Crippen molar-refractivity contribution in [2.45, 2.75) is 35.8 Å². The van der Waals surface area contributed by atoms with Crippen molar-refractivity contribution in [3.63, 3.8) is 0 Å². The summed E-state index contributed by atoms with van der Waals surface area (Å²) in [5.74, 6) is -4.75. The van der Waals surface area contributed by atoms with Crippen molar-refractivity contribution in [3.8, 4) is 0 Å². The molecule has 0 aliphatic carbocycles. The summed E-state index contributed by atoms with van der Waals surface area (Å²) >= 11 is 2.27. The third-order valence-electron chi connectivity index (χ3n) is 4.94. The zero-order valence-corrected chi connectivity index (χ0v) is 19.2. The molecule has 1 saturated heterocycles. The summed E-state index contributed by atoms with van der Waals surface area (Å²) in [4.78, 5) is 85.8. The number of aryl methyl sites for hydroxylation is 1. The van der Waals surface area contributed by atoms with Gasteiger partial charge in [0, 0.05) is 31.4 Å². The molecule has 14 nitrogen and oxygen atoms in total. The number of amides is 2. The van der Waals surface area contributed by atoms with E-state index in [1.165, 1.54) is 23.5 Å². The number of nitrogens with zero attached hydrogens (tertiary/aromatic N) is 3. The van der Waals surface area contributed by atoms with Crippen molar-refractivity contribution in [1.82, 2.24) is 25.0 Å². The second-order valence-corrected chi connectivity index (χ2v) is 9.33. The molecule has 0 bridgehead atoms. The lowest BCUT2D eigenvalue weighted by Crippen LogP contribution is -2.70. The van der Waals surface area contributed by atoms with E-state index in [1.54, 1.807) is 0 Å². The molecule has 1 fully saturated rings. The molecular formula is C18H19N5O9S2. The van der Waals surface area contributed by atoms with Crippen molar-refractivity contribution in [2.75, 3.05) is 11.5 Å². The lowest BCUT2D eigenvalue weighted by Gasteiger charge is -2.49. The molecule has 182 valence electrons. The molecule has 1 aromatic rings. The first-order chi connectivity index (χ1) is 16.0. The lowest BCUT2D eigenvalue weighted by atomic mass is 10.0. The van der Waals surface area contributed by atoms with Crippen LogP contribution < -0.4 is 16.4 Å². The van der Waals surface area contributed by atoms with E-state index in [0.29, 0.717) is 5.57 Å². The molecule has 0 spiro atoms. The monoisotopic (exact) mass is 513 g/mol. The molecule has 3 rings (SSSR count). The summed E-state index contributed by atoms with van der Waals surface area (Å²) in [6, 6.07) is -0.946. The highest BCUT2D eigenvalue weighted by Crippen LogP contribution is 2.41. The van der Waals surface area contributed by atoms with Crippen LogP contribution in [-0.2, 0) is 31.0 Å². The van der Waals surface area contributed by atoms with E-state index in [1.807, 2.05) is 0 Å². The molecule has 3 heterocycles. The van der Waals surface area contributed by atoms with Gasteiger partial charge in [0.15, 0.2) is 5.16 Å². The quantitative estimate of drug-likeness (QED) is 0.154. The number of fused-ring (bicyclic) bond motifs is 1. The normalized spacial score (nSPS) is 19.3. The van der Waals surface area contributed by atoms with Gasteiger partial charge in [-0.3, -0.25) is 38.7 Å². The number of carboxylic acids is 2. The topological polar surface area (TPSA) is 209 Å². The SMILES string of the molecule is Cn1[nH]c(=O)c(=O)nc1SCC1=C(C(=O)O)N2C(=O)C(NC(=O)CCCC(=O)C(=O)O)C2SC1. The Morgan fingerprint density at radius 3 is 2.56 bits per heavy atom. The van der Waals surface area contributed by atoms with Gasteiger partial charge in [0.05, 0.1) is 0 Å². The third-order valence-corrected chi connectivity index (χ3v) is 7.39. The highest BCUT2D eigenvalue weighted by Gasteiger charge is 2.54. The van der Waals surface area contributed by atoms with Crippen molar-refractivity contribution in [2.24, 2.45) is 7.05 Å². The number of β-lactam (4-membered cyclic amide) rings is 1. The minimum atomic E-state index is -1.58. The zero-order valence-electron chi connectivity index (χ0n) is 17.6. The Kier molecular flexibility index (Phi) is 7.61. The molecule has 4 N–H and O–H groups in total. The largest absolute Gasteiger partial charge is 0.477 e. The van der Waals surface area contributed by atoms with Gasteiger partial charge in [0.25, 0.3) is 5.91 Å². The highest BCUT2D eigenvalue weighted by atomic mass is 32.2. The fraction of sp³-hybridized carbons (Fsp3) is 0.444. The van der Waals surface area contributed by atoms with Crippen molar-refractivity contribution >= 4 is 53.1 Å². The average molecular weight is 514 g/mol. The number of Topliss-reactive ketones (excluding diaryl/α,β-unsaturated/α-hetero) is 1. The molecule has 1 aromatic heterocycles. The number of carbonyl (C=O) groups is 5. The van der Waals surface area contributed by atoms with E-state index in [-0.39, 0.29) is 41.6 Å². The number of carboxylic acid groups (broad SMARTS) is 2. The van der Waals surface area contributed by atoms with Gasteiger partial charge in [-0.05, 0) is 12.0 Å². The van der Waals surface area contributed by atoms with Crippen molar-refractivity contribution < 1.29 is 34.2 Å². The summed E-state index contributed by atoms with van der Waals surface area (Å²) in [5, 5.41) is 22.6. The van der Waals surface area contributed by atoms with Crippen molar-refractivity contribution in [3.05, 3.63) is 32.0 Å². The van der Waals surface area contributed by atoms with E-state index in [4.69, 9.17) is 5.11 Å². The van der Waals surface area contributed by atoms with E-state index in [9.17, 15) is 38.7 Å². The third kappa shape index (κ3) is 5.22. The van der Waals surface area contributed by atoms with Crippen LogP contribution in [0, 0.1) is 0 Å². The van der Waals surface area contributed by atoms with Gasteiger partial charge in [0.2, 0.25) is 11.7 Å². The summed E-state index contributed by atoms with van der Waals surface area (Å²) < 4.78 is 1.23. The molecule has 2 atom stereocenters. The maximum absolute atomic E-state index is 12.6. The standard InChI is InChI=1S/C18H19N5O9S2/c1-22-18(20-12(26)13(27)21-22)34-6-7-5-33-15-10(14(28)23(15)11(7)17(31)32)19-9(25)4-2-3-8(24)16(29)30/h10,15H,2-6H2,1H3,(H,19,25)(H,21,27)(H,29,30)(H,31,32). The van der Waals surface area contributed by atoms with Crippen LogP contribution in [0.3, 0.4) is 0 Å². The number of aromatic nitrogens is 3. The van der Waals surface area contributed by atoms with E-state index >= 15 is 0 Å². The highest BCUT2D eigenvalue weighted by molar-refractivity contribution is 8.01. The van der Waals surface area contributed by atoms with Gasteiger partial charge in [-0.15, -0.1) is 11.8 Å². The summed E-state index contributed by atoms with van der Waals surface area (Å²) in [6.07, 6.45) is -0.467. The predicted octanol–water partition coefficient (Wildman–Crippen LogP) is -1.88. The van der Waals surface area contributed by atoms with Gasteiger partial charge in [-0.2, -0.15) is 4.98 Å². The van der Waals surface area contributed by atoms with Crippen LogP contribution in [0.25, 0.3) is 0 Å². The Bertz CT molecular complexity index is 1220. The maximum atomic E-state index is 12.6. The van der Waals surface area contributed by atoms with Crippen LogP contribution in [-0.4, -0.2) is 82.3 Å². The first kappa shape index (κ1) is 25.2. The van der Waals surface area contributed by atoms with E-state index < -0.39 is 52.1 Å². The first-order valence-corrected chi connectivity index (χ1v) is 11.8. The van der Waals surface area contributed by atoms with E-state index in [2.05, 4.69) is 15.4 Å². The maximum Gasteiger partial charge on any atom is 0.372 e. The zero-order chi connectivity index (χ0) is 25.2. The molecular weight excluding hydrogens is 494 g/mol. The molecule has 0 aromatic carbocycles. The van der Waals surface area contributed by atoms with Crippen LogP contribution >= 0.6 is 23.5 Å². The fourth-order valence-corrected chi connectivity index (χ4v) is 5.70. The molecule has 0 saturated carbocycles. The molecule has 2 amide bonds. The number of aliphatic carboxylic acids is 2. The molecule has 2 unspecified atom stereocenters. The molecule has 2 aliphatic rings. The number of aromatic amines is 1. The van der Waals surface area contributed by atoms with Gasteiger partial charge < -0.3 is 15.5 Å². The average Bonchev–Trinajstić information content (AvgIpc) is 2.77. The van der Waals surface area contributed by atoms with Gasteiger partial charge >= 0.3 is 23.1 Å². The minimum absolute atomic E-state index is 0.00232. The van der Waals surface area contributed by atoms with Crippen LogP contribution in [0.2, 0.25) is 0 Å². The van der Waals surface area contributed by atoms with Crippen LogP contribution in [0.5, 0.6) is 0 Å². The second kappa shape index (κ2) is 10.3. The number of nitrogens with one attached hydrogen (secondary N) is 2. The van der Waals surface area contributed by atoms with Gasteiger partial charge in [0.1, 0.15) is 17.1 Å². The first-order valence-electron chi connectivity index (χ1n) is 9.77. The number of hydrogen-bond acceptors (Lipinski definition) is 10. The second-order valence-electron chi connectivity index (χ2n) is 7.28. The fourth-order valence-electron chi connectivity index (χ4n) is 3.30. The lowest BCUT2D eigenvalue weighted by molar-refractivity contribution is -0.150. The Morgan fingerprint density at radius 1 is 1.21 bits per heavy atom. The number of rotatable bonds is 10. The number of hydrogen-bond donors (Lipinski definition) is 4. The van der Waals surface area contributed by atoms with E-state index in [0.717, 1.165) is 16.7 Å². The van der Waals surface area contributed by atoms with Gasteiger partial charge in [-0.1, -0.05) is 11.8 Å². The number of thioether (sulfide) groups is 2. The number of carbonyl (C=O) groups excluding carboxylic acids is 3. The number of ketones is 1.